The number of rotatable bonds is 4. The summed E-state index contributed by atoms with van der Waals surface area (Å²) in [7, 11) is 0. The van der Waals surface area contributed by atoms with Crippen LogP contribution in [0.15, 0.2) is 48.5 Å². The van der Waals surface area contributed by atoms with E-state index < -0.39 is 11.7 Å². The van der Waals surface area contributed by atoms with E-state index in [-0.39, 0.29) is 18.1 Å². The summed E-state index contributed by atoms with van der Waals surface area (Å²) >= 11 is 0. The van der Waals surface area contributed by atoms with E-state index in [1.807, 2.05) is 38.1 Å². The fourth-order valence-electron chi connectivity index (χ4n) is 2.25. The van der Waals surface area contributed by atoms with Crippen molar-refractivity contribution in [1.29, 1.82) is 0 Å². The van der Waals surface area contributed by atoms with Crippen LogP contribution in [0.3, 0.4) is 0 Å². The molecule has 1 atom stereocenters. The smallest absolute Gasteiger partial charge is 0.294 e. The van der Waals surface area contributed by atoms with Gasteiger partial charge in [0.1, 0.15) is 0 Å². The Kier molecular flexibility index (Phi) is 4.69. The van der Waals surface area contributed by atoms with Gasteiger partial charge in [-0.3, -0.25) is 4.79 Å². The van der Waals surface area contributed by atoms with Gasteiger partial charge in [-0.2, -0.15) is 13.2 Å². The second kappa shape index (κ2) is 6.34. The molecule has 0 aliphatic carbocycles. The van der Waals surface area contributed by atoms with Crippen molar-refractivity contribution >= 4 is 5.78 Å². The molecule has 0 N–H and O–H groups in total. The molecule has 2 rings (SSSR count). The highest BCUT2D eigenvalue weighted by Gasteiger charge is 2.30. The first kappa shape index (κ1) is 16.3. The normalized spacial score (nSPS) is 13.0. The minimum Gasteiger partial charge on any atom is -0.294 e. The van der Waals surface area contributed by atoms with E-state index in [9.17, 15) is 18.0 Å². The average Bonchev–Trinajstić information content (AvgIpc) is 2.47. The SMILES string of the molecule is Cc1ccc(C(C)CC(=O)c2ccc(C(F)(F)F)cc2)cc1. The number of hydrogen-bond acceptors (Lipinski definition) is 1. The number of carbonyl (C=O) groups is 1. The fourth-order valence-corrected chi connectivity index (χ4v) is 2.25. The molecular weight excluding hydrogens is 289 g/mol. The van der Waals surface area contributed by atoms with Crippen LogP contribution in [0.25, 0.3) is 0 Å². The maximum Gasteiger partial charge on any atom is 0.416 e. The number of benzene rings is 2. The second-order valence-corrected chi connectivity index (χ2v) is 5.51. The number of alkyl halides is 3. The Hall–Kier alpha value is -2.10. The largest absolute Gasteiger partial charge is 0.416 e. The molecule has 0 amide bonds. The first-order chi connectivity index (χ1) is 10.3. The van der Waals surface area contributed by atoms with Crippen LogP contribution in [0.4, 0.5) is 13.2 Å². The van der Waals surface area contributed by atoms with Crippen molar-refractivity contribution in [3.63, 3.8) is 0 Å². The number of ketones is 1. The van der Waals surface area contributed by atoms with E-state index in [1.54, 1.807) is 0 Å². The summed E-state index contributed by atoms with van der Waals surface area (Å²) in [5.41, 5.74) is 1.76. The topological polar surface area (TPSA) is 17.1 Å². The van der Waals surface area contributed by atoms with E-state index in [1.165, 1.54) is 12.1 Å². The predicted molar refractivity (Wildman–Crippen MR) is 80.0 cm³/mol. The molecule has 0 bridgehead atoms. The molecule has 0 aliphatic heterocycles. The second-order valence-electron chi connectivity index (χ2n) is 5.51. The van der Waals surface area contributed by atoms with Crippen LogP contribution in [0.5, 0.6) is 0 Å². The number of hydrogen-bond donors (Lipinski definition) is 0. The minimum atomic E-state index is -4.38. The van der Waals surface area contributed by atoms with Gasteiger partial charge >= 0.3 is 6.18 Å². The van der Waals surface area contributed by atoms with E-state index in [2.05, 4.69) is 0 Å². The van der Waals surface area contributed by atoms with Crippen molar-refractivity contribution in [3.8, 4) is 0 Å². The third-order valence-corrected chi connectivity index (χ3v) is 3.67. The van der Waals surface area contributed by atoms with Gasteiger partial charge in [0.15, 0.2) is 5.78 Å². The van der Waals surface area contributed by atoms with Crippen molar-refractivity contribution in [2.45, 2.75) is 32.4 Å². The standard InChI is InChI=1S/C18H17F3O/c1-12-3-5-14(6-4-12)13(2)11-17(22)15-7-9-16(10-8-15)18(19,20)21/h3-10,13H,11H2,1-2H3. The Balaban J connectivity index is 2.07. The number of aryl methyl sites for hydroxylation is 1. The fraction of sp³-hybridized carbons (Fsp3) is 0.278. The molecule has 116 valence electrons. The van der Waals surface area contributed by atoms with Crippen molar-refractivity contribution in [3.05, 3.63) is 70.8 Å². The van der Waals surface area contributed by atoms with Crippen LogP contribution in [-0.2, 0) is 6.18 Å². The van der Waals surface area contributed by atoms with Crippen LogP contribution in [0.1, 0.15) is 46.3 Å². The van der Waals surface area contributed by atoms with Crippen molar-refractivity contribution in [1.82, 2.24) is 0 Å². The molecule has 0 radical (unpaired) electrons. The highest BCUT2D eigenvalue weighted by Crippen LogP contribution is 2.29. The maximum absolute atomic E-state index is 12.5. The van der Waals surface area contributed by atoms with Crippen LogP contribution < -0.4 is 0 Å². The van der Waals surface area contributed by atoms with E-state index in [4.69, 9.17) is 0 Å². The van der Waals surface area contributed by atoms with E-state index >= 15 is 0 Å². The summed E-state index contributed by atoms with van der Waals surface area (Å²) in [5.74, 6) is -0.128. The molecule has 0 aromatic heterocycles. The molecule has 2 aromatic rings. The Morgan fingerprint density at radius 2 is 1.55 bits per heavy atom. The van der Waals surface area contributed by atoms with Crippen molar-refractivity contribution in [2.75, 3.05) is 0 Å². The zero-order valence-corrected chi connectivity index (χ0v) is 12.4. The molecular formula is C18H17F3O. The highest BCUT2D eigenvalue weighted by atomic mass is 19.4. The first-order valence-electron chi connectivity index (χ1n) is 7.04. The van der Waals surface area contributed by atoms with Crippen LogP contribution in [0, 0.1) is 6.92 Å². The molecule has 0 saturated heterocycles. The van der Waals surface area contributed by atoms with E-state index in [0.717, 1.165) is 23.3 Å². The van der Waals surface area contributed by atoms with Crippen molar-refractivity contribution in [2.24, 2.45) is 0 Å². The number of halogens is 3. The molecule has 4 heteroatoms. The summed E-state index contributed by atoms with van der Waals surface area (Å²) in [6.45, 7) is 3.93. The van der Waals surface area contributed by atoms with Crippen molar-refractivity contribution < 1.29 is 18.0 Å². The maximum atomic E-state index is 12.5. The molecule has 22 heavy (non-hydrogen) atoms. The molecule has 1 nitrogen and oxygen atoms in total. The lowest BCUT2D eigenvalue weighted by atomic mass is 9.92. The summed E-state index contributed by atoms with van der Waals surface area (Å²) in [4.78, 5) is 12.2. The van der Waals surface area contributed by atoms with Gasteiger partial charge in [-0.1, -0.05) is 48.9 Å². The van der Waals surface area contributed by atoms with Crippen LogP contribution in [-0.4, -0.2) is 5.78 Å². The lowest BCUT2D eigenvalue weighted by Gasteiger charge is -2.12. The molecule has 0 aliphatic rings. The van der Waals surface area contributed by atoms with Gasteiger partial charge < -0.3 is 0 Å². The average molecular weight is 306 g/mol. The number of Topliss-reactive ketones (excluding diaryl/α,β-unsaturated/α-hetero) is 1. The van der Waals surface area contributed by atoms with Gasteiger partial charge in [-0.05, 0) is 30.5 Å². The van der Waals surface area contributed by atoms with Crippen LogP contribution >= 0.6 is 0 Å². The number of carbonyl (C=O) groups excluding carboxylic acids is 1. The highest BCUT2D eigenvalue weighted by molar-refractivity contribution is 5.96. The van der Waals surface area contributed by atoms with Gasteiger partial charge in [0.05, 0.1) is 5.56 Å². The van der Waals surface area contributed by atoms with Gasteiger partial charge in [-0.25, -0.2) is 0 Å². The molecule has 2 aromatic carbocycles. The summed E-state index contributed by atoms with van der Waals surface area (Å²) in [6.07, 6.45) is -4.11. The molecule has 0 spiro atoms. The molecule has 0 saturated carbocycles. The Labute approximate surface area is 127 Å². The molecule has 0 fully saturated rings. The van der Waals surface area contributed by atoms with Gasteiger partial charge in [-0.15, -0.1) is 0 Å². The minimum absolute atomic E-state index is 0.0235. The lowest BCUT2D eigenvalue weighted by Crippen LogP contribution is -2.08. The third-order valence-electron chi connectivity index (χ3n) is 3.67. The van der Waals surface area contributed by atoms with Gasteiger partial charge in [0.25, 0.3) is 0 Å². The Morgan fingerprint density at radius 1 is 1.00 bits per heavy atom. The monoisotopic (exact) mass is 306 g/mol. The zero-order chi connectivity index (χ0) is 16.3. The Bertz CT molecular complexity index is 640. The third kappa shape index (κ3) is 3.97. The van der Waals surface area contributed by atoms with Gasteiger partial charge in [0.2, 0.25) is 0 Å². The van der Waals surface area contributed by atoms with E-state index in [0.29, 0.717) is 5.56 Å². The first-order valence-corrected chi connectivity index (χ1v) is 7.04. The zero-order valence-electron chi connectivity index (χ0n) is 12.4. The van der Waals surface area contributed by atoms with Crippen LogP contribution in [0.2, 0.25) is 0 Å². The predicted octanol–water partition coefficient (Wildman–Crippen LogP) is 5.39. The van der Waals surface area contributed by atoms with Gasteiger partial charge in [0, 0.05) is 12.0 Å². The summed E-state index contributed by atoms with van der Waals surface area (Å²) < 4.78 is 37.5. The molecule has 1 unspecified atom stereocenters. The lowest BCUT2D eigenvalue weighted by molar-refractivity contribution is -0.137. The summed E-state index contributed by atoms with van der Waals surface area (Å²) in [5, 5.41) is 0. The summed E-state index contributed by atoms with van der Waals surface area (Å²) in [6, 6.07) is 12.3. The quantitative estimate of drug-likeness (QED) is 0.692. The Morgan fingerprint density at radius 3 is 2.05 bits per heavy atom. The molecule has 0 heterocycles.